The Balaban J connectivity index is 2.70. The molecule has 0 unspecified atom stereocenters. The number of hydrogen-bond donors (Lipinski definition) is 0. The summed E-state index contributed by atoms with van der Waals surface area (Å²) >= 11 is 6.09. The van der Waals surface area contributed by atoms with Crippen LogP contribution in [0.4, 0.5) is 0 Å². The Hall–Kier alpha value is -1.46. The highest BCUT2D eigenvalue weighted by Crippen LogP contribution is 2.26. The number of fused-ring (bicyclic) bond motifs is 1. The second kappa shape index (κ2) is 3.36. The lowest BCUT2D eigenvalue weighted by atomic mass is 10.1. The summed E-state index contributed by atoms with van der Waals surface area (Å²) in [6, 6.07) is 7.96. The second-order valence-corrected chi connectivity index (χ2v) is 3.68. The van der Waals surface area contributed by atoms with Crippen LogP contribution in [0.15, 0.2) is 24.4 Å². The molecule has 0 atom stereocenters. The molecule has 2 aromatic rings. The van der Waals surface area contributed by atoms with Crippen LogP contribution in [-0.2, 0) is 13.5 Å². The van der Waals surface area contributed by atoms with E-state index in [9.17, 15) is 0 Å². The summed E-state index contributed by atoms with van der Waals surface area (Å²) < 4.78 is 2.00. The second-order valence-electron chi connectivity index (χ2n) is 3.27. The molecule has 0 N–H and O–H groups in total. The van der Waals surface area contributed by atoms with E-state index < -0.39 is 0 Å². The topological polar surface area (TPSA) is 28.7 Å². The quantitative estimate of drug-likeness (QED) is 0.702. The Morgan fingerprint density at radius 1 is 1.50 bits per heavy atom. The van der Waals surface area contributed by atoms with E-state index in [1.807, 2.05) is 36.0 Å². The summed E-state index contributed by atoms with van der Waals surface area (Å²) in [4.78, 5) is 0. The largest absolute Gasteiger partial charge is 0.350 e. The van der Waals surface area contributed by atoms with Gasteiger partial charge in [0.1, 0.15) is 0 Å². The fourth-order valence-corrected chi connectivity index (χ4v) is 1.87. The van der Waals surface area contributed by atoms with E-state index in [-0.39, 0.29) is 0 Å². The summed E-state index contributed by atoms with van der Waals surface area (Å²) in [6.45, 7) is 0. The average Bonchev–Trinajstić information content (AvgIpc) is 2.49. The number of nitrogens with zero attached hydrogens (tertiary/aromatic N) is 2. The minimum Gasteiger partial charge on any atom is -0.350 e. The molecule has 1 aromatic carbocycles. The van der Waals surface area contributed by atoms with Crippen molar-refractivity contribution in [2.75, 3.05) is 0 Å². The van der Waals surface area contributed by atoms with Gasteiger partial charge < -0.3 is 4.57 Å². The number of rotatable bonds is 1. The van der Waals surface area contributed by atoms with Crippen molar-refractivity contribution >= 4 is 22.5 Å². The lowest BCUT2D eigenvalue weighted by Crippen LogP contribution is -1.87. The molecule has 0 fully saturated rings. The zero-order valence-electron chi connectivity index (χ0n) is 7.79. The first-order chi connectivity index (χ1) is 6.72. The van der Waals surface area contributed by atoms with Gasteiger partial charge in [-0.2, -0.15) is 5.26 Å². The lowest BCUT2D eigenvalue weighted by molar-refractivity contribution is 0.968. The summed E-state index contributed by atoms with van der Waals surface area (Å²) in [5.74, 6) is 0. The zero-order chi connectivity index (χ0) is 10.1. The Kier molecular flexibility index (Phi) is 2.18. The molecule has 0 bridgehead atoms. The standard InChI is InChI=1S/C11H9ClN2/c1-14-5-3-9-10(12)6-8(2-4-13)7-11(9)14/h3,5-7H,2H2,1H3. The maximum Gasteiger partial charge on any atom is 0.0669 e. The van der Waals surface area contributed by atoms with E-state index in [0.717, 1.165) is 16.5 Å². The summed E-state index contributed by atoms with van der Waals surface area (Å²) in [7, 11) is 1.97. The van der Waals surface area contributed by atoms with Gasteiger partial charge in [0, 0.05) is 24.1 Å². The molecule has 0 aliphatic rings. The van der Waals surface area contributed by atoms with Gasteiger partial charge >= 0.3 is 0 Å². The predicted molar refractivity (Wildman–Crippen MR) is 57.2 cm³/mol. The fraction of sp³-hybridized carbons (Fsp3) is 0.182. The van der Waals surface area contributed by atoms with E-state index >= 15 is 0 Å². The van der Waals surface area contributed by atoms with Crippen LogP contribution in [0.1, 0.15) is 5.56 Å². The minimum absolute atomic E-state index is 0.404. The number of hydrogen-bond acceptors (Lipinski definition) is 1. The van der Waals surface area contributed by atoms with Crippen molar-refractivity contribution in [2.24, 2.45) is 7.05 Å². The molecular weight excluding hydrogens is 196 g/mol. The van der Waals surface area contributed by atoms with Gasteiger partial charge in [0.25, 0.3) is 0 Å². The first-order valence-corrected chi connectivity index (χ1v) is 4.70. The maximum atomic E-state index is 8.60. The SMILES string of the molecule is Cn1ccc2c(Cl)cc(CC#N)cc21. The Morgan fingerprint density at radius 3 is 3.00 bits per heavy atom. The highest BCUT2D eigenvalue weighted by Gasteiger charge is 2.04. The molecule has 2 rings (SSSR count). The first-order valence-electron chi connectivity index (χ1n) is 4.33. The fourth-order valence-electron chi connectivity index (χ4n) is 1.57. The lowest BCUT2D eigenvalue weighted by Gasteiger charge is -2.01. The van der Waals surface area contributed by atoms with Gasteiger partial charge in [-0.25, -0.2) is 0 Å². The monoisotopic (exact) mass is 204 g/mol. The molecule has 70 valence electrons. The zero-order valence-corrected chi connectivity index (χ0v) is 8.54. The van der Waals surface area contributed by atoms with Crippen LogP contribution in [0.25, 0.3) is 10.9 Å². The van der Waals surface area contributed by atoms with Gasteiger partial charge in [0.05, 0.1) is 17.5 Å². The van der Waals surface area contributed by atoms with E-state index in [4.69, 9.17) is 16.9 Å². The summed E-state index contributed by atoms with van der Waals surface area (Å²) in [5.41, 5.74) is 2.04. The van der Waals surface area contributed by atoms with E-state index in [0.29, 0.717) is 11.4 Å². The molecule has 0 amide bonds. The van der Waals surface area contributed by atoms with Crippen molar-refractivity contribution in [1.82, 2.24) is 4.57 Å². The Bertz CT molecular complexity index is 520. The molecule has 2 nitrogen and oxygen atoms in total. The normalized spacial score (nSPS) is 10.4. The molecule has 1 heterocycles. The van der Waals surface area contributed by atoms with Crippen LogP contribution in [-0.4, -0.2) is 4.57 Å². The Morgan fingerprint density at radius 2 is 2.29 bits per heavy atom. The van der Waals surface area contributed by atoms with Crippen LogP contribution in [0.3, 0.4) is 0 Å². The van der Waals surface area contributed by atoms with Crippen LogP contribution in [0, 0.1) is 11.3 Å². The van der Waals surface area contributed by atoms with Crippen molar-refractivity contribution in [1.29, 1.82) is 5.26 Å². The summed E-state index contributed by atoms with van der Waals surface area (Å²) in [5, 5.41) is 10.4. The van der Waals surface area contributed by atoms with E-state index in [1.54, 1.807) is 0 Å². The highest BCUT2D eigenvalue weighted by molar-refractivity contribution is 6.35. The molecule has 0 aliphatic carbocycles. The number of aryl methyl sites for hydroxylation is 1. The third-order valence-electron chi connectivity index (χ3n) is 2.30. The van der Waals surface area contributed by atoms with Crippen molar-refractivity contribution < 1.29 is 0 Å². The van der Waals surface area contributed by atoms with Crippen LogP contribution >= 0.6 is 11.6 Å². The predicted octanol–water partition coefficient (Wildman–Crippen LogP) is 2.90. The molecule has 0 saturated heterocycles. The van der Waals surface area contributed by atoms with Crippen molar-refractivity contribution in [3.63, 3.8) is 0 Å². The van der Waals surface area contributed by atoms with Gasteiger partial charge in [0.15, 0.2) is 0 Å². The Labute approximate surface area is 87.3 Å². The number of halogens is 1. The van der Waals surface area contributed by atoms with E-state index in [1.165, 1.54) is 0 Å². The van der Waals surface area contributed by atoms with Gasteiger partial charge in [-0.05, 0) is 23.8 Å². The number of nitriles is 1. The van der Waals surface area contributed by atoms with E-state index in [2.05, 4.69) is 6.07 Å². The van der Waals surface area contributed by atoms with Crippen molar-refractivity contribution in [2.45, 2.75) is 6.42 Å². The van der Waals surface area contributed by atoms with Gasteiger partial charge in [-0.15, -0.1) is 0 Å². The third-order valence-corrected chi connectivity index (χ3v) is 2.61. The smallest absolute Gasteiger partial charge is 0.0669 e. The molecular formula is C11H9ClN2. The number of benzene rings is 1. The minimum atomic E-state index is 0.404. The van der Waals surface area contributed by atoms with Gasteiger partial charge in [0.2, 0.25) is 0 Å². The van der Waals surface area contributed by atoms with Crippen LogP contribution in [0.5, 0.6) is 0 Å². The molecule has 3 heteroatoms. The highest BCUT2D eigenvalue weighted by atomic mass is 35.5. The third kappa shape index (κ3) is 1.36. The maximum absolute atomic E-state index is 8.60. The molecule has 14 heavy (non-hydrogen) atoms. The molecule has 0 spiro atoms. The molecule has 1 aromatic heterocycles. The summed E-state index contributed by atoms with van der Waals surface area (Å²) in [6.07, 6.45) is 2.37. The molecule has 0 saturated carbocycles. The first kappa shape index (κ1) is 9.11. The average molecular weight is 205 g/mol. The van der Waals surface area contributed by atoms with Crippen LogP contribution < -0.4 is 0 Å². The van der Waals surface area contributed by atoms with Crippen molar-refractivity contribution in [3.05, 3.63) is 35.0 Å². The van der Waals surface area contributed by atoms with Gasteiger partial charge in [-0.3, -0.25) is 0 Å². The molecule has 0 aliphatic heterocycles. The molecule has 0 radical (unpaired) electrons. The van der Waals surface area contributed by atoms with Gasteiger partial charge in [-0.1, -0.05) is 11.6 Å². The van der Waals surface area contributed by atoms with Crippen molar-refractivity contribution in [3.8, 4) is 6.07 Å². The van der Waals surface area contributed by atoms with Crippen LogP contribution in [0.2, 0.25) is 5.02 Å². The number of aromatic nitrogens is 1.